The molecule has 0 bridgehead atoms. The second-order valence-electron chi connectivity index (χ2n) is 6.41. The first kappa shape index (κ1) is 19.8. The fraction of sp³-hybridized carbons (Fsp3) is 0.381. The highest BCUT2D eigenvalue weighted by atomic mass is 16.5. The highest BCUT2D eigenvalue weighted by molar-refractivity contribution is 5.91. The van der Waals surface area contributed by atoms with Crippen LogP contribution < -0.4 is 20.1 Å². The molecule has 0 unspecified atom stereocenters. The maximum absolute atomic E-state index is 12.2. The number of methoxy groups -OCH3 is 2. The zero-order valence-corrected chi connectivity index (χ0v) is 16.0. The number of rotatable bonds is 9. The van der Waals surface area contributed by atoms with E-state index in [4.69, 9.17) is 9.47 Å². The molecule has 0 fully saturated rings. The minimum absolute atomic E-state index is 0.0120. The average molecular weight is 356 g/mol. The number of carbonyl (C=O) groups is 1. The Morgan fingerprint density at radius 1 is 1.04 bits per heavy atom. The largest absolute Gasteiger partial charge is 0.493 e. The second-order valence-corrected chi connectivity index (χ2v) is 6.41. The summed E-state index contributed by atoms with van der Waals surface area (Å²) in [5.74, 6) is 1.79. The van der Waals surface area contributed by atoms with Crippen molar-refractivity contribution in [1.29, 1.82) is 0 Å². The van der Waals surface area contributed by atoms with Crippen molar-refractivity contribution in [3.63, 3.8) is 0 Å². The van der Waals surface area contributed by atoms with Gasteiger partial charge in [0.25, 0.3) is 0 Å². The standard InChI is InChI=1S/C21H28N2O3/c1-15(2)17-7-5-6-8-18(17)23-21(24)11-12-22-14-16-9-10-19(25-3)20(13-16)26-4/h5-10,13,15,22H,11-12,14H2,1-4H3,(H,23,24). The molecule has 5 heteroatoms. The Morgan fingerprint density at radius 2 is 1.77 bits per heavy atom. The molecule has 2 rings (SSSR count). The third kappa shape index (κ3) is 5.49. The van der Waals surface area contributed by atoms with Crippen molar-refractivity contribution in [2.75, 3.05) is 26.1 Å². The van der Waals surface area contributed by atoms with Gasteiger partial charge in [-0.2, -0.15) is 0 Å². The van der Waals surface area contributed by atoms with Crippen LogP contribution in [0, 0.1) is 0 Å². The van der Waals surface area contributed by atoms with Crippen LogP contribution in [0.15, 0.2) is 42.5 Å². The number of hydrogen-bond acceptors (Lipinski definition) is 4. The van der Waals surface area contributed by atoms with Crippen LogP contribution in [0.2, 0.25) is 0 Å². The summed E-state index contributed by atoms with van der Waals surface area (Å²) in [6.07, 6.45) is 0.416. The van der Waals surface area contributed by atoms with E-state index >= 15 is 0 Å². The van der Waals surface area contributed by atoms with Crippen LogP contribution in [0.5, 0.6) is 11.5 Å². The molecular formula is C21H28N2O3. The monoisotopic (exact) mass is 356 g/mol. The predicted molar refractivity (Wildman–Crippen MR) is 105 cm³/mol. The zero-order chi connectivity index (χ0) is 18.9. The van der Waals surface area contributed by atoms with Crippen molar-refractivity contribution in [3.8, 4) is 11.5 Å². The van der Waals surface area contributed by atoms with Crippen LogP contribution in [-0.2, 0) is 11.3 Å². The van der Waals surface area contributed by atoms with Crippen LogP contribution in [0.25, 0.3) is 0 Å². The molecule has 0 aromatic heterocycles. The van der Waals surface area contributed by atoms with Crippen molar-refractivity contribution in [2.45, 2.75) is 32.7 Å². The minimum Gasteiger partial charge on any atom is -0.493 e. The van der Waals surface area contributed by atoms with E-state index in [0.717, 1.165) is 16.8 Å². The quantitative estimate of drug-likeness (QED) is 0.668. The first-order valence-corrected chi connectivity index (χ1v) is 8.85. The highest BCUT2D eigenvalue weighted by Crippen LogP contribution is 2.27. The molecule has 0 spiro atoms. The van der Waals surface area contributed by atoms with Crippen molar-refractivity contribution in [3.05, 3.63) is 53.6 Å². The summed E-state index contributed by atoms with van der Waals surface area (Å²) < 4.78 is 10.5. The van der Waals surface area contributed by atoms with Gasteiger partial charge >= 0.3 is 0 Å². The number of anilines is 1. The highest BCUT2D eigenvalue weighted by Gasteiger charge is 2.09. The lowest BCUT2D eigenvalue weighted by Crippen LogP contribution is -2.22. The summed E-state index contributed by atoms with van der Waals surface area (Å²) in [6, 6.07) is 13.7. The van der Waals surface area contributed by atoms with E-state index in [1.54, 1.807) is 14.2 Å². The van der Waals surface area contributed by atoms with Crippen LogP contribution in [0.1, 0.15) is 37.3 Å². The molecule has 26 heavy (non-hydrogen) atoms. The first-order valence-electron chi connectivity index (χ1n) is 8.85. The van der Waals surface area contributed by atoms with Gasteiger partial charge < -0.3 is 20.1 Å². The topological polar surface area (TPSA) is 59.6 Å². The predicted octanol–water partition coefficient (Wildman–Crippen LogP) is 3.95. The van der Waals surface area contributed by atoms with Gasteiger partial charge in [0, 0.05) is 25.2 Å². The van der Waals surface area contributed by atoms with Crippen LogP contribution in [-0.4, -0.2) is 26.7 Å². The van der Waals surface area contributed by atoms with Gasteiger partial charge in [0.05, 0.1) is 14.2 Å². The Labute approximate surface area is 155 Å². The van der Waals surface area contributed by atoms with E-state index < -0.39 is 0 Å². The molecule has 1 amide bonds. The number of ether oxygens (including phenoxy) is 2. The molecule has 0 atom stereocenters. The van der Waals surface area contributed by atoms with Crippen molar-refractivity contribution >= 4 is 11.6 Å². The van der Waals surface area contributed by atoms with Crippen LogP contribution in [0.4, 0.5) is 5.69 Å². The van der Waals surface area contributed by atoms with Crippen LogP contribution >= 0.6 is 0 Å². The van der Waals surface area contributed by atoms with E-state index in [2.05, 4.69) is 30.5 Å². The first-order chi connectivity index (χ1) is 12.5. The number of nitrogens with one attached hydrogen (secondary N) is 2. The summed E-state index contributed by atoms with van der Waals surface area (Å²) in [5.41, 5.74) is 3.12. The lowest BCUT2D eigenvalue weighted by atomic mass is 10.0. The molecule has 0 aliphatic rings. The van der Waals surface area contributed by atoms with Gasteiger partial charge in [-0.15, -0.1) is 0 Å². The third-order valence-corrected chi connectivity index (χ3v) is 4.16. The van der Waals surface area contributed by atoms with Crippen molar-refractivity contribution in [2.24, 2.45) is 0 Å². The van der Waals surface area contributed by atoms with Gasteiger partial charge in [0.15, 0.2) is 11.5 Å². The summed E-state index contributed by atoms with van der Waals surface area (Å²) in [6.45, 7) is 5.51. The number of benzene rings is 2. The van der Waals surface area contributed by atoms with E-state index in [0.29, 0.717) is 36.9 Å². The van der Waals surface area contributed by atoms with Gasteiger partial charge in [0.1, 0.15) is 0 Å². The normalized spacial score (nSPS) is 10.7. The molecule has 140 valence electrons. The Bertz CT molecular complexity index is 729. The molecule has 0 aliphatic carbocycles. The maximum Gasteiger partial charge on any atom is 0.225 e. The second kappa shape index (κ2) is 9.82. The number of hydrogen-bond donors (Lipinski definition) is 2. The Morgan fingerprint density at radius 3 is 2.46 bits per heavy atom. The molecular weight excluding hydrogens is 328 g/mol. The lowest BCUT2D eigenvalue weighted by Gasteiger charge is -2.14. The number of amides is 1. The molecule has 0 heterocycles. The Kier molecular flexibility index (Phi) is 7.48. The summed E-state index contributed by atoms with van der Waals surface area (Å²) >= 11 is 0. The molecule has 0 radical (unpaired) electrons. The van der Waals surface area contributed by atoms with Gasteiger partial charge in [-0.05, 0) is 35.2 Å². The van der Waals surface area contributed by atoms with E-state index in [9.17, 15) is 4.79 Å². The van der Waals surface area contributed by atoms with E-state index in [1.165, 1.54) is 0 Å². The van der Waals surface area contributed by atoms with Gasteiger partial charge in [-0.25, -0.2) is 0 Å². The van der Waals surface area contributed by atoms with Gasteiger partial charge in [-0.1, -0.05) is 38.1 Å². The maximum atomic E-state index is 12.2. The third-order valence-electron chi connectivity index (χ3n) is 4.16. The molecule has 5 nitrogen and oxygen atoms in total. The van der Waals surface area contributed by atoms with Gasteiger partial charge in [-0.3, -0.25) is 4.79 Å². The smallest absolute Gasteiger partial charge is 0.225 e. The molecule has 2 N–H and O–H groups in total. The Balaban J connectivity index is 1.80. The molecule has 0 saturated heterocycles. The molecule has 2 aromatic rings. The number of carbonyl (C=O) groups excluding carboxylic acids is 1. The Hall–Kier alpha value is -2.53. The number of para-hydroxylation sites is 1. The fourth-order valence-electron chi connectivity index (χ4n) is 2.75. The summed E-state index contributed by atoms with van der Waals surface area (Å²) in [7, 11) is 3.24. The zero-order valence-electron chi connectivity index (χ0n) is 16.0. The SMILES string of the molecule is COc1ccc(CNCCC(=O)Nc2ccccc2C(C)C)cc1OC. The molecule has 0 aliphatic heterocycles. The lowest BCUT2D eigenvalue weighted by molar-refractivity contribution is -0.116. The fourth-order valence-corrected chi connectivity index (χ4v) is 2.75. The van der Waals surface area contributed by atoms with Gasteiger partial charge in [0.2, 0.25) is 5.91 Å². The summed E-state index contributed by atoms with van der Waals surface area (Å²) in [5, 5.41) is 6.30. The summed E-state index contributed by atoms with van der Waals surface area (Å²) in [4.78, 5) is 12.2. The van der Waals surface area contributed by atoms with Crippen molar-refractivity contribution < 1.29 is 14.3 Å². The average Bonchev–Trinajstić information content (AvgIpc) is 2.65. The van der Waals surface area contributed by atoms with Crippen molar-refractivity contribution in [1.82, 2.24) is 5.32 Å². The van der Waals surface area contributed by atoms with Crippen LogP contribution in [0.3, 0.4) is 0 Å². The minimum atomic E-state index is 0.0120. The van der Waals surface area contributed by atoms with E-state index in [-0.39, 0.29) is 5.91 Å². The molecule has 0 saturated carbocycles. The van der Waals surface area contributed by atoms with E-state index in [1.807, 2.05) is 36.4 Å². The molecule has 2 aromatic carbocycles.